The van der Waals surface area contributed by atoms with E-state index in [1.54, 1.807) is 37.4 Å². The van der Waals surface area contributed by atoms with Crippen LogP contribution in [0.5, 0.6) is 5.75 Å². The summed E-state index contributed by atoms with van der Waals surface area (Å²) in [5, 5.41) is 2.24. The predicted octanol–water partition coefficient (Wildman–Crippen LogP) is 5.33. The number of anilines is 1. The lowest BCUT2D eigenvalue weighted by atomic mass is 9.98. The van der Waals surface area contributed by atoms with Crippen molar-refractivity contribution in [3.8, 4) is 5.75 Å². The minimum absolute atomic E-state index is 0.133. The van der Waals surface area contributed by atoms with E-state index in [4.69, 9.17) is 4.74 Å². The number of rotatable bonds is 5. The number of amides is 4. The van der Waals surface area contributed by atoms with Crippen molar-refractivity contribution in [2.75, 3.05) is 12.0 Å². The van der Waals surface area contributed by atoms with Crippen LogP contribution in [0.15, 0.2) is 70.7 Å². The molecule has 0 aliphatic carbocycles. The minimum atomic E-state index is -0.782. The van der Waals surface area contributed by atoms with E-state index in [1.165, 1.54) is 22.8 Å². The summed E-state index contributed by atoms with van der Waals surface area (Å²) in [4.78, 5) is 38.9. The summed E-state index contributed by atoms with van der Waals surface area (Å²) in [7, 11) is 1.59. The number of nitrogens with one attached hydrogen (secondary N) is 1. The maximum Gasteiger partial charge on any atom is 0.335 e. The maximum atomic E-state index is 13.1. The van der Waals surface area contributed by atoms with Crippen LogP contribution in [0.2, 0.25) is 0 Å². The normalized spacial score (nSPS) is 15.0. The van der Waals surface area contributed by atoms with E-state index < -0.39 is 17.8 Å². The summed E-state index contributed by atoms with van der Waals surface area (Å²) in [6, 6.07) is 17.8. The van der Waals surface area contributed by atoms with Gasteiger partial charge in [-0.2, -0.15) is 0 Å². The fourth-order valence-corrected chi connectivity index (χ4v) is 4.30. The number of ether oxygens (including phenoxy) is 1. The number of carbonyl (C=O) groups excluding carboxylic acids is 3. The molecule has 3 aromatic carbocycles. The molecule has 0 atom stereocenters. The van der Waals surface area contributed by atoms with Gasteiger partial charge in [-0.15, -0.1) is 0 Å². The fourth-order valence-electron chi connectivity index (χ4n) is 4.04. The third-order valence-corrected chi connectivity index (χ3v) is 6.01. The van der Waals surface area contributed by atoms with Gasteiger partial charge in [-0.25, -0.2) is 9.69 Å². The predicted molar refractivity (Wildman–Crippen MR) is 135 cm³/mol. The average Bonchev–Trinajstić information content (AvgIpc) is 2.78. The first kappa shape index (κ1) is 23.4. The van der Waals surface area contributed by atoms with Gasteiger partial charge < -0.3 is 4.74 Å². The third-order valence-electron chi connectivity index (χ3n) is 5.48. The highest BCUT2D eigenvalue weighted by atomic mass is 79.9. The smallest absolute Gasteiger partial charge is 0.335 e. The van der Waals surface area contributed by atoms with Crippen molar-refractivity contribution in [3.05, 3.63) is 98.5 Å². The Morgan fingerprint density at radius 1 is 0.941 bits per heavy atom. The molecular weight excluding hydrogens is 496 g/mol. The lowest BCUT2D eigenvalue weighted by Gasteiger charge is -2.26. The second-order valence-electron chi connectivity index (χ2n) is 8.18. The summed E-state index contributed by atoms with van der Waals surface area (Å²) in [6.45, 7) is 4.13. The van der Waals surface area contributed by atoms with Gasteiger partial charge in [-0.3, -0.25) is 14.9 Å². The number of hydrogen-bond donors (Lipinski definition) is 1. The Morgan fingerprint density at radius 3 is 2.26 bits per heavy atom. The molecular formula is C27H23BrN2O4. The number of urea groups is 1. The zero-order valence-corrected chi connectivity index (χ0v) is 20.6. The number of barbiturate groups is 1. The first-order valence-corrected chi connectivity index (χ1v) is 11.5. The molecule has 0 aromatic heterocycles. The molecule has 0 saturated carbocycles. The van der Waals surface area contributed by atoms with E-state index in [2.05, 4.69) is 53.3 Å². The van der Waals surface area contributed by atoms with Crippen LogP contribution in [0, 0.1) is 13.8 Å². The van der Waals surface area contributed by atoms with Crippen molar-refractivity contribution in [2.45, 2.75) is 20.3 Å². The molecule has 0 spiro atoms. The quantitative estimate of drug-likeness (QED) is 0.365. The van der Waals surface area contributed by atoms with Gasteiger partial charge in [0.05, 0.1) is 12.8 Å². The lowest BCUT2D eigenvalue weighted by Crippen LogP contribution is -2.54. The van der Waals surface area contributed by atoms with E-state index >= 15 is 0 Å². The molecule has 172 valence electrons. The SMILES string of the molecule is COc1cc(/C=C2\C(=O)NC(=O)N(c3ccc(Br)cc3)C2=O)ccc1Cc1cc(C)cc(C)c1. The molecule has 0 radical (unpaired) electrons. The van der Waals surface area contributed by atoms with Crippen LogP contribution in [0.25, 0.3) is 6.08 Å². The lowest BCUT2D eigenvalue weighted by molar-refractivity contribution is -0.122. The van der Waals surface area contributed by atoms with Gasteiger partial charge >= 0.3 is 6.03 Å². The molecule has 4 amide bonds. The molecule has 0 bridgehead atoms. The van der Waals surface area contributed by atoms with Gasteiger partial charge in [-0.05, 0) is 66.9 Å². The van der Waals surface area contributed by atoms with E-state index in [-0.39, 0.29) is 5.57 Å². The number of nitrogens with zero attached hydrogens (tertiary/aromatic N) is 1. The van der Waals surface area contributed by atoms with Crippen LogP contribution in [0.1, 0.15) is 27.8 Å². The highest BCUT2D eigenvalue weighted by Crippen LogP contribution is 2.27. The van der Waals surface area contributed by atoms with Crippen LogP contribution in [0.4, 0.5) is 10.5 Å². The second-order valence-corrected chi connectivity index (χ2v) is 9.09. The number of methoxy groups -OCH3 is 1. The zero-order valence-electron chi connectivity index (χ0n) is 19.0. The topological polar surface area (TPSA) is 75.7 Å². The Labute approximate surface area is 206 Å². The first-order valence-electron chi connectivity index (χ1n) is 10.7. The molecule has 1 aliphatic rings. The van der Waals surface area contributed by atoms with Crippen LogP contribution in [-0.4, -0.2) is 25.0 Å². The molecule has 1 N–H and O–H groups in total. The Kier molecular flexibility index (Phi) is 6.65. The average molecular weight is 519 g/mol. The highest BCUT2D eigenvalue weighted by molar-refractivity contribution is 9.10. The first-order chi connectivity index (χ1) is 16.2. The van der Waals surface area contributed by atoms with Gasteiger partial charge in [0, 0.05) is 10.9 Å². The van der Waals surface area contributed by atoms with Gasteiger partial charge in [-0.1, -0.05) is 57.4 Å². The molecule has 3 aromatic rings. The molecule has 1 saturated heterocycles. The summed E-state index contributed by atoms with van der Waals surface area (Å²) >= 11 is 3.33. The van der Waals surface area contributed by atoms with E-state index in [9.17, 15) is 14.4 Å². The van der Waals surface area contributed by atoms with Gasteiger partial charge in [0.25, 0.3) is 11.8 Å². The van der Waals surface area contributed by atoms with Crippen molar-refractivity contribution in [3.63, 3.8) is 0 Å². The molecule has 34 heavy (non-hydrogen) atoms. The number of imide groups is 2. The van der Waals surface area contributed by atoms with Gasteiger partial charge in [0.15, 0.2) is 0 Å². The summed E-state index contributed by atoms with van der Waals surface area (Å²) in [5.74, 6) is -0.769. The third kappa shape index (κ3) is 4.94. The number of aryl methyl sites for hydroxylation is 2. The summed E-state index contributed by atoms with van der Waals surface area (Å²) < 4.78 is 6.40. The molecule has 1 aliphatic heterocycles. The summed E-state index contributed by atoms with van der Waals surface area (Å²) in [6.07, 6.45) is 2.16. The van der Waals surface area contributed by atoms with Crippen LogP contribution < -0.4 is 15.0 Å². The standard InChI is InChI=1S/C27H23BrN2O4/c1-16-10-17(2)12-19(11-16)13-20-5-4-18(15-24(20)34-3)14-23-25(31)29-27(33)30(26(23)32)22-8-6-21(28)7-9-22/h4-12,14-15H,13H2,1-3H3,(H,29,31,33)/b23-14+. The van der Waals surface area contributed by atoms with E-state index in [0.717, 1.165) is 14.9 Å². The van der Waals surface area contributed by atoms with Gasteiger partial charge in [0.2, 0.25) is 0 Å². The van der Waals surface area contributed by atoms with Crippen LogP contribution in [0.3, 0.4) is 0 Å². The fraction of sp³-hybridized carbons (Fsp3) is 0.148. The number of halogens is 1. The summed E-state index contributed by atoms with van der Waals surface area (Å²) in [5.41, 5.74) is 5.40. The van der Waals surface area contributed by atoms with Crippen molar-refractivity contribution < 1.29 is 19.1 Å². The molecule has 7 heteroatoms. The zero-order chi connectivity index (χ0) is 24.4. The molecule has 6 nitrogen and oxygen atoms in total. The largest absolute Gasteiger partial charge is 0.496 e. The van der Waals surface area contributed by atoms with Crippen LogP contribution >= 0.6 is 15.9 Å². The van der Waals surface area contributed by atoms with Crippen LogP contribution in [-0.2, 0) is 16.0 Å². The monoisotopic (exact) mass is 518 g/mol. The number of benzene rings is 3. The van der Waals surface area contributed by atoms with E-state index in [0.29, 0.717) is 23.4 Å². The van der Waals surface area contributed by atoms with Gasteiger partial charge in [0.1, 0.15) is 11.3 Å². The van der Waals surface area contributed by atoms with E-state index in [1.807, 2.05) is 12.1 Å². The maximum absolute atomic E-state index is 13.1. The Morgan fingerprint density at radius 2 is 1.62 bits per heavy atom. The van der Waals surface area contributed by atoms with Crippen molar-refractivity contribution in [2.24, 2.45) is 0 Å². The Hall–Kier alpha value is -3.71. The number of carbonyl (C=O) groups is 3. The van der Waals surface area contributed by atoms with Crippen molar-refractivity contribution in [1.82, 2.24) is 5.32 Å². The number of hydrogen-bond acceptors (Lipinski definition) is 4. The Balaban J connectivity index is 1.65. The Bertz CT molecular complexity index is 1310. The molecule has 4 rings (SSSR count). The highest BCUT2D eigenvalue weighted by Gasteiger charge is 2.36. The minimum Gasteiger partial charge on any atom is -0.496 e. The molecule has 0 unspecified atom stereocenters. The van der Waals surface area contributed by atoms with Crippen molar-refractivity contribution in [1.29, 1.82) is 0 Å². The molecule has 1 heterocycles. The second kappa shape index (κ2) is 9.65. The molecule has 1 fully saturated rings. The van der Waals surface area contributed by atoms with Crippen molar-refractivity contribution >= 4 is 45.5 Å².